The minimum Gasteiger partial charge on any atom is -0.355 e. The molecule has 0 saturated carbocycles. The summed E-state index contributed by atoms with van der Waals surface area (Å²) in [5.74, 6) is -0.268. The molecule has 3 aromatic rings. The van der Waals surface area contributed by atoms with Gasteiger partial charge in [-0.25, -0.2) is 8.42 Å². The van der Waals surface area contributed by atoms with E-state index in [1.807, 2.05) is 12.1 Å². The second-order valence-electron chi connectivity index (χ2n) is 5.43. The molecule has 1 amide bonds. The number of sulfonamides is 1. The van der Waals surface area contributed by atoms with Gasteiger partial charge in [0.15, 0.2) is 0 Å². The first kappa shape index (κ1) is 16.9. The molecule has 0 spiro atoms. The van der Waals surface area contributed by atoms with E-state index in [9.17, 15) is 13.2 Å². The number of hydrogen-bond acceptors (Lipinski definition) is 4. The number of aromatic nitrogens is 1. The van der Waals surface area contributed by atoms with Gasteiger partial charge < -0.3 is 5.32 Å². The van der Waals surface area contributed by atoms with Crippen LogP contribution in [0.3, 0.4) is 0 Å². The average Bonchev–Trinajstić information content (AvgIpc) is 2.66. The van der Waals surface area contributed by atoms with Crippen LogP contribution >= 0.6 is 0 Å². The van der Waals surface area contributed by atoms with Crippen molar-refractivity contribution in [3.63, 3.8) is 0 Å². The number of nitrogens with zero attached hydrogens (tertiary/aromatic N) is 2. The van der Waals surface area contributed by atoms with E-state index in [2.05, 4.69) is 10.3 Å². The largest absolute Gasteiger partial charge is 0.355 e. The van der Waals surface area contributed by atoms with Gasteiger partial charge >= 0.3 is 0 Å². The Hall–Kier alpha value is -2.93. The van der Waals surface area contributed by atoms with Crippen molar-refractivity contribution in [1.82, 2.24) is 10.3 Å². The molecule has 7 heteroatoms. The van der Waals surface area contributed by atoms with Crippen molar-refractivity contribution < 1.29 is 13.2 Å². The van der Waals surface area contributed by atoms with Crippen LogP contribution in [0.1, 0.15) is 10.4 Å². The van der Waals surface area contributed by atoms with Gasteiger partial charge in [-0.05, 0) is 36.4 Å². The summed E-state index contributed by atoms with van der Waals surface area (Å²) in [6, 6.07) is 14.9. The molecule has 0 atom stereocenters. The SMILES string of the molecule is CNC(=O)c1ccc(S(=O)(=O)N(C)c2cccc3cccnc23)cc1. The maximum absolute atomic E-state index is 12.9. The third kappa shape index (κ3) is 3.06. The molecule has 25 heavy (non-hydrogen) atoms. The number of nitrogens with one attached hydrogen (secondary N) is 1. The van der Waals surface area contributed by atoms with Crippen molar-refractivity contribution in [1.29, 1.82) is 0 Å². The highest BCUT2D eigenvalue weighted by molar-refractivity contribution is 7.92. The van der Waals surface area contributed by atoms with Crippen LogP contribution in [-0.2, 0) is 10.0 Å². The molecule has 0 aliphatic heterocycles. The first-order chi connectivity index (χ1) is 11.9. The Morgan fingerprint density at radius 1 is 1.04 bits per heavy atom. The minimum atomic E-state index is -3.77. The molecular formula is C18H17N3O3S. The van der Waals surface area contributed by atoms with E-state index in [-0.39, 0.29) is 10.8 Å². The van der Waals surface area contributed by atoms with Crippen molar-refractivity contribution >= 4 is 32.5 Å². The summed E-state index contributed by atoms with van der Waals surface area (Å²) in [6.45, 7) is 0. The first-order valence-corrected chi connectivity index (χ1v) is 9.04. The molecule has 0 saturated heterocycles. The Kier molecular flexibility index (Phi) is 4.41. The lowest BCUT2D eigenvalue weighted by atomic mass is 10.2. The molecule has 0 fully saturated rings. The van der Waals surface area contributed by atoms with Crippen LogP contribution in [0, 0.1) is 0 Å². The Morgan fingerprint density at radius 3 is 2.40 bits per heavy atom. The van der Waals surface area contributed by atoms with Crippen molar-refractivity contribution in [2.45, 2.75) is 4.90 Å². The number of para-hydroxylation sites is 1. The summed E-state index contributed by atoms with van der Waals surface area (Å²) in [7, 11) is -0.757. The van der Waals surface area contributed by atoms with Gasteiger partial charge in [-0.1, -0.05) is 18.2 Å². The third-order valence-corrected chi connectivity index (χ3v) is 5.74. The molecule has 1 heterocycles. The smallest absolute Gasteiger partial charge is 0.264 e. The maximum atomic E-state index is 12.9. The quantitative estimate of drug-likeness (QED) is 0.779. The van der Waals surface area contributed by atoms with Crippen molar-refractivity contribution in [3.05, 3.63) is 66.4 Å². The van der Waals surface area contributed by atoms with Gasteiger partial charge in [0.25, 0.3) is 15.9 Å². The second-order valence-corrected chi connectivity index (χ2v) is 7.40. The molecule has 2 aromatic carbocycles. The average molecular weight is 355 g/mol. The number of carbonyl (C=O) groups excluding carboxylic acids is 1. The number of anilines is 1. The van der Waals surface area contributed by atoms with Crippen molar-refractivity contribution in [2.75, 3.05) is 18.4 Å². The number of hydrogen-bond donors (Lipinski definition) is 1. The van der Waals surface area contributed by atoms with Crippen LogP contribution in [0.5, 0.6) is 0 Å². The van der Waals surface area contributed by atoms with E-state index >= 15 is 0 Å². The van der Waals surface area contributed by atoms with Crippen LogP contribution < -0.4 is 9.62 Å². The molecule has 1 N–H and O–H groups in total. The zero-order valence-corrected chi connectivity index (χ0v) is 14.6. The summed E-state index contributed by atoms with van der Waals surface area (Å²) < 4.78 is 27.1. The summed E-state index contributed by atoms with van der Waals surface area (Å²) in [6.07, 6.45) is 1.63. The fraction of sp³-hybridized carbons (Fsp3) is 0.111. The molecule has 0 bridgehead atoms. The van der Waals surface area contributed by atoms with Crippen molar-refractivity contribution in [3.8, 4) is 0 Å². The Balaban J connectivity index is 2.03. The number of carbonyl (C=O) groups is 1. The lowest BCUT2D eigenvalue weighted by Gasteiger charge is -2.20. The van der Waals surface area contributed by atoms with Gasteiger partial charge in [-0.15, -0.1) is 0 Å². The van der Waals surface area contributed by atoms with E-state index in [1.165, 1.54) is 42.7 Å². The summed E-state index contributed by atoms with van der Waals surface area (Å²) >= 11 is 0. The molecule has 6 nitrogen and oxygen atoms in total. The standard InChI is InChI=1S/C18H17N3O3S/c1-19-18(22)14-8-10-15(11-9-14)25(23,24)21(2)16-7-3-5-13-6-4-12-20-17(13)16/h3-12H,1-2H3,(H,19,22). The Morgan fingerprint density at radius 2 is 1.72 bits per heavy atom. The van der Waals surface area contributed by atoms with Crippen LogP contribution in [-0.4, -0.2) is 33.4 Å². The van der Waals surface area contributed by atoms with E-state index in [4.69, 9.17) is 0 Å². The lowest BCUT2D eigenvalue weighted by Crippen LogP contribution is -2.27. The normalized spacial score (nSPS) is 11.3. The number of pyridine rings is 1. The van der Waals surface area contributed by atoms with Gasteiger partial charge in [-0.2, -0.15) is 0 Å². The summed E-state index contributed by atoms with van der Waals surface area (Å²) in [4.78, 5) is 16.0. The van der Waals surface area contributed by atoms with Crippen molar-refractivity contribution in [2.24, 2.45) is 0 Å². The summed E-state index contributed by atoms with van der Waals surface area (Å²) in [5, 5.41) is 3.36. The highest BCUT2D eigenvalue weighted by atomic mass is 32.2. The predicted molar refractivity (Wildman–Crippen MR) is 97.2 cm³/mol. The number of benzene rings is 2. The first-order valence-electron chi connectivity index (χ1n) is 7.60. The molecular weight excluding hydrogens is 338 g/mol. The lowest BCUT2D eigenvalue weighted by molar-refractivity contribution is 0.0963. The summed E-state index contributed by atoms with van der Waals surface area (Å²) in [5.41, 5.74) is 1.50. The zero-order valence-electron chi connectivity index (χ0n) is 13.8. The van der Waals surface area contributed by atoms with E-state index < -0.39 is 10.0 Å². The van der Waals surface area contributed by atoms with Gasteiger partial charge in [0.1, 0.15) is 0 Å². The van der Waals surface area contributed by atoms with E-state index in [0.717, 1.165) is 5.39 Å². The molecule has 0 radical (unpaired) electrons. The molecule has 128 valence electrons. The fourth-order valence-electron chi connectivity index (χ4n) is 2.55. The van der Waals surface area contributed by atoms with Crippen LogP contribution in [0.15, 0.2) is 65.7 Å². The van der Waals surface area contributed by atoms with E-state index in [1.54, 1.807) is 24.4 Å². The van der Waals surface area contributed by atoms with Gasteiger partial charge in [-0.3, -0.25) is 14.1 Å². The van der Waals surface area contributed by atoms with E-state index in [0.29, 0.717) is 16.8 Å². The Labute approximate surface area is 146 Å². The third-order valence-electron chi connectivity index (χ3n) is 3.95. The van der Waals surface area contributed by atoms with Gasteiger partial charge in [0, 0.05) is 31.2 Å². The number of amides is 1. The highest BCUT2D eigenvalue weighted by Gasteiger charge is 2.23. The topological polar surface area (TPSA) is 79.4 Å². The molecule has 0 aliphatic carbocycles. The van der Waals surface area contributed by atoms with Crippen LogP contribution in [0.25, 0.3) is 10.9 Å². The predicted octanol–water partition coefficient (Wildman–Crippen LogP) is 2.42. The zero-order chi connectivity index (χ0) is 18.0. The number of rotatable bonds is 4. The molecule has 3 rings (SSSR count). The monoisotopic (exact) mass is 355 g/mol. The number of fused-ring (bicyclic) bond motifs is 1. The maximum Gasteiger partial charge on any atom is 0.264 e. The molecule has 0 unspecified atom stereocenters. The van der Waals surface area contributed by atoms with Gasteiger partial charge in [0.2, 0.25) is 0 Å². The Bertz CT molecular complexity index is 1030. The highest BCUT2D eigenvalue weighted by Crippen LogP contribution is 2.28. The van der Waals surface area contributed by atoms with Gasteiger partial charge in [0.05, 0.1) is 16.1 Å². The second kappa shape index (κ2) is 6.52. The molecule has 0 aliphatic rings. The van der Waals surface area contributed by atoms with Crippen LogP contribution in [0.2, 0.25) is 0 Å². The van der Waals surface area contributed by atoms with Crippen LogP contribution in [0.4, 0.5) is 5.69 Å². The minimum absolute atomic E-state index is 0.107. The fourth-order valence-corrected chi connectivity index (χ4v) is 3.75. The molecule has 1 aromatic heterocycles.